The van der Waals surface area contributed by atoms with Gasteiger partial charge in [-0.15, -0.1) is 10.2 Å². The number of hydrogen-bond donors (Lipinski definition) is 2. The van der Waals surface area contributed by atoms with E-state index in [1.165, 1.54) is 16.8 Å². The number of halogens is 1. The SMILES string of the molecule is Oc1cccc(C2(c3cccc(O)c3)CC3c4ccccc4C2c2cccc[n+]23)c1.[O-][Cl+3]([O-])([O-])[O-]. The number of rotatable bonds is 2. The molecule has 0 saturated carbocycles. The van der Waals surface area contributed by atoms with Crippen LogP contribution in [0.5, 0.6) is 11.5 Å². The van der Waals surface area contributed by atoms with Crippen molar-refractivity contribution in [3.63, 3.8) is 0 Å². The summed E-state index contributed by atoms with van der Waals surface area (Å²) < 4.78 is 36.4. The summed E-state index contributed by atoms with van der Waals surface area (Å²) in [7, 11) is -4.94. The van der Waals surface area contributed by atoms with Crippen LogP contribution in [0.4, 0.5) is 0 Å². The van der Waals surface area contributed by atoms with Gasteiger partial charge >= 0.3 is 0 Å². The van der Waals surface area contributed by atoms with Crippen LogP contribution >= 0.6 is 0 Å². The van der Waals surface area contributed by atoms with Crippen LogP contribution in [-0.2, 0) is 5.41 Å². The van der Waals surface area contributed by atoms with Gasteiger partial charge in [-0.1, -0.05) is 54.6 Å². The molecule has 4 aromatic rings. The summed E-state index contributed by atoms with van der Waals surface area (Å²) in [5.41, 5.74) is 5.71. The Morgan fingerprint density at radius 1 is 0.714 bits per heavy atom. The van der Waals surface area contributed by atoms with Crippen LogP contribution in [0.3, 0.4) is 0 Å². The number of phenols is 2. The summed E-state index contributed by atoms with van der Waals surface area (Å²) in [5.74, 6) is 0.605. The number of hydrogen-bond acceptors (Lipinski definition) is 6. The second-order valence-electron chi connectivity index (χ2n) is 8.76. The van der Waals surface area contributed by atoms with E-state index in [2.05, 4.69) is 65.4 Å². The molecule has 35 heavy (non-hydrogen) atoms. The second-order valence-corrected chi connectivity index (χ2v) is 9.52. The van der Waals surface area contributed by atoms with Crippen LogP contribution in [0, 0.1) is 10.2 Å². The number of aromatic nitrogens is 1. The number of aromatic hydroxyl groups is 2. The first-order valence-corrected chi connectivity index (χ1v) is 12.2. The normalized spacial score (nSPS) is 19.2. The van der Waals surface area contributed by atoms with E-state index in [0.29, 0.717) is 0 Å². The zero-order valence-corrected chi connectivity index (χ0v) is 19.2. The monoisotopic (exact) mass is 491 g/mol. The van der Waals surface area contributed by atoms with Crippen LogP contribution < -0.4 is 23.2 Å². The molecule has 0 saturated heterocycles. The van der Waals surface area contributed by atoms with E-state index < -0.39 is 15.7 Å². The minimum atomic E-state index is -4.94. The molecule has 0 amide bonds. The van der Waals surface area contributed by atoms with Gasteiger partial charge in [-0.25, -0.2) is 18.6 Å². The minimum Gasteiger partial charge on any atom is -0.508 e. The Morgan fingerprint density at radius 2 is 1.26 bits per heavy atom. The van der Waals surface area contributed by atoms with Gasteiger partial charge in [0.2, 0.25) is 0 Å². The molecule has 7 nitrogen and oxygen atoms in total. The average Bonchev–Trinajstić information content (AvgIpc) is 2.83. The smallest absolute Gasteiger partial charge is 0.190 e. The van der Waals surface area contributed by atoms with Gasteiger partial charge in [0.25, 0.3) is 0 Å². The molecule has 3 aromatic carbocycles. The van der Waals surface area contributed by atoms with Crippen molar-refractivity contribution in [2.24, 2.45) is 0 Å². The Bertz CT molecular complexity index is 1290. The summed E-state index contributed by atoms with van der Waals surface area (Å²) in [6, 6.07) is 30.6. The van der Waals surface area contributed by atoms with Crippen LogP contribution in [0.15, 0.2) is 97.2 Å². The van der Waals surface area contributed by atoms with Gasteiger partial charge in [0, 0.05) is 29.5 Å². The summed E-state index contributed by atoms with van der Waals surface area (Å²) >= 11 is 0. The van der Waals surface area contributed by atoms with E-state index in [9.17, 15) is 10.2 Å². The zero-order chi connectivity index (χ0) is 24.8. The third-order valence-corrected chi connectivity index (χ3v) is 6.95. The van der Waals surface area contributed by atoms with Crippen molar-refractivity contribution in [3.8, 4) is 11.5 Å². The van der Waals surface area contributed by atoms with E-state index in [4.69, 9.17) is 18.6 Å². The van der Waals surface area contributed by atoms with Gasteiger partial charge < -0.3 is 10.2 Å². The first-order chi connectivity index (χ1) is 16.7. The standard InChI is InChI=1S/C27H21NO2.ClHO4/c29-20-9-5-7-18(15-20)27(19-8-6-10-21(30)16-19)17-25-22-11-1-2-12-23(22)26(27)24-13-3-4-14-28(24)25;2-1(3,4)5/h1-16,25-26H,17H2,(H-,29,30);(H,2,3,4,5). The highest BCUT2D eigenvalue weighted by molar-refractivity contribution is 5.56. The summed E-state index contributed by atoms with van der Waals surface area (Å²) in [4.78, 5) is 0. The number of fused-ring (bicyclic) bond motifs is 1. The largest absolute Gasteiger partial charge is 0.508 e. The van der Waals surface area contributed by atoms with Crippen molar-refractivity contribution in [1.29, 1.82) is 0 Å². The maximum Gasteiger partial charge on any atom is 0.190 e. The topological polar surface area (TPSA) is 137 Å². The molecule has 2 unspecified atom stereocenters. The fourth-order valence-corrected chi connectivity index (χ4v) is 5.84. The number of phenolic OH excluding ortho intramolecular Hbond substituents is 2. The number of nitrogens with zero attached hydrogens (tertiary/aromatic N) is 1. The molecule has 1 aliphatic carbocycles. The molecule has 2 atom stereocenters. The predicted octanol–water partition coefficient (Wildman–Crippen LogP) is 0.0540. The van der Waals surface area contributed by atoms with Crippen molar-refractivity contribution in [2.45, 2.75) is 23.8 Å². The lowest BCUT2D eigenvalue weighted by Crippen LogP contribution is -2.68. The molecule has 0 spiro atoms. The minimum absolute atomic E-state index is 0.0727. The Labute approximate surface area is 204 Å². The van der Waals surface area contributed by atoms with Crippen molar-refractivity contribution in [2.75, 3.05) is 0 Å². The van der Waals surface area contributed by atoms with Crippen molar-refractivity contribution in [3.05, 3.63) is 125 Å². The third-order valence-electron chi connectivity index (χ3n) is 6.95. The maximum atomic E-state index is 10.4. The summed E-state index contributed by atoms with van der Waals surface area (Å²) in [5, 5.41) is 20.7. The van der Waals surface area contributed by atoms with E-state index >= 15 is 0 Å². The third kappa shape index (κ3) is 4.14. The number of benzene rings is 3. The van der Waals surface area contributed by atoms with E-state index in [-0.39, 0.29) is 23.5 Å². The lowest BCUT2D eigenvalue weighted by Gasteiger charge is -2.50. The van der Waals surface area contributed by atoms with Gasteiger partial charge in [-0.3, -0.25) is 0 Å². The van der Waals surface area contributed by atoms with Gasteiger partial charge in [-0.2, -0.15) is 4.57 Å². The fourth-order valence-electron chi connectivity index (χ4n) is 5.84. The highest BCUT2D eigenvalue weighted by Gasteiger charge is 2.59. The quantitative estimate of drug-likeness (QED) is 0.380. The lowest BCUT2D eigenvalue weighted by molar-refractivity contribution is -2.00. The molecular weight excluding hydrogens is 470 g/mol. The van der Waals surface area contributed by atoms with E-state index in [1.807, 2.05) is 24.3 Å². The Morgan fingerprint density at radius 3 is 1.83 bits per heavy atom. The molecule has 1 aromatic heterocycles. The van der Waals surface area contributed by atoms with Gasteiger partial charge in [0.15, 0.2) is 17.9 Å². The van der Waals surface area contributed by atoms with Gasteiger partial charge in [0.1, 0.15) is 11.5 Å². The van der Waals surface area contributed by atoms with Crippen molar-refractivity contribution >= 4 is 0 Å². The molecule has 2 bridgehead atoms. The highest BCUT2D eigenvalue weighted by atomic mass is 35.7. The number of pyridine rings is 1. The molecule has 178 valence electrons. The van der Waals surface area contributed by atoms with Gasteiger partial charge in [-0.05, 0) is 41.0 Å². The predicted molar refractivity (Wildman–Crippen MR) is 115 cm³/mol. The molecule has 3 heterocycles. The molecular formula is C27H22ClNO6. The Balaban J connectivity index is 0.000000464. The Hall–Kier alpha value is -3.46. The second kappa shape index (κ2) is 8.64. The van der Waals surface area contributed by atoms with Crippen molar-refractivity contribution in [1.82, 2.24) is 0 Å². The van der Waals surface area contributed by atoms with Crippen LogP contribution in [0.1, 0.15) is 46.3 Å². The summed E-state index contributed by atoms with van der Waals surface area (Å²) in [6.07, 6.45) is 3.04. The fraction of sp³-hybridized carbons (Fsp3) is 0.148. The molecule has 8 heteroatoms. The molecule has 2 aliphatic heterocycles. The first-order valence-electron chi connectivity index (χ1n) is 11.0. The molecule has 0 fully saturated rings. The lowest BCUT2D eigenvalue weighted by atomic mass is 9.53. The van der Waals surface area contributed by atoms with E-state index in [0.717, 1.165) is 17.5 Å². The highest BCUT2D eigenvalue weighted by Crippen LogP contribution is 2.59. The van der Waals surface area contributed by atoms with E-state index in [1.54, 1.807) is 12.1 Å². The molecule has 3 aliphatic rings. The van der Waals surface area contributed by atoms with Crippen LogP contribution in [-0.4, -0.2) is 10.2 Å². The van der Waals surface area contributed by atoms with Crippen LogP contribution in [0.25, 0.3) is 0 Å². The molecule has 2 N–H and O–H groups in total. The first kappa shape index (κ1) is 23.3. The van der Waals surface area contributed by atoms with Gasteiger partial charge in [0.05, 0.1) is 5.92 Å². The zero-order valence-electron chi connectivity index (χ0n) is 18.5. The van der Waals surface area contributed by atoms with Crippen LogP contribution in [0.2, 0.25) is 0 Å². The molecule has 7 rings (SSSR count). The van der Waals surface area contributed by atoms with Crippen molar-refractivity contribution < 1.29 is 43.7 Å². The average molecular weight is 492 g/mol. The Kier molecular flexibility index (Phi) is 5.75. The maximum absolute atomic E-state index is 10.4. The molecule has 0 radical (unpaired) electrons. The summed E-state index contributed by atoms with van der Waals surface area (Å²) in [6.45, 7) is 0.